The lowest BCUT2D eigenvalue weighted by Gasteiger charge is -2.12. The van der Waals surface area contributed by atoms with Gasteiger partial charge in [0.1, 0.15) is 11.7 Å². The summed E-state index contributed by atoms with van der Waals surface area (Å²) in [4.78, 5) is 29.8. The van der Waals surface area contributed by atoms with Gasteiger partial charge in [0.05, 0.1) is 11.3 Å². The number of halogens is 1. The van der Waals surface area contributed by atoms with Crippen LogP contribution in [0.4, 0.5) is 11.5 Å². The van der Waals surface area contributed by atoms with E-state index in [0.717, 1.165) is 15.6 Å². The number of nitrogens with zero attached hydrogens (tertiary/aromatic N) is 1. The number of nitrogens with two attached hydrogens (primary N) is 1. The quantitative estimate of drug-likeness (QED) is 0.206. The number of rotatable bonds is 6. The van der Waals surface area contributed by atoms with Crippen LogP contribution in [0.1, 0.15) is 26.3 Å². The van der Waals surface area contributed by atoms with Crippen LogP contribution in [0.25, 0.3) is 11.1 Å². The molecule has 0 saturated heterocycles. The maximum absolute atomic E-state index is 12.9. The molecule has 8 heteroatoms. The second-order valence-corrected chi connectivity index (χ2v) is 8.27. The van der Waals surface area contributed by atoms with E-state index in [1.807, 2.05) is 18.2 Å². The zero-order valence-electron chi connectivity index (χ0n) is 17.9. The molecule has 2 amide bonds. The van der Waals surface area contributed by atoms with Crippen molar-refractivity contribution in [2.45, 2.75) is 0 Å². The number of hydrogen-bond acceptors (Lipinski definition) is 4. The smallest absolute Gasteiger partial charge is 0.258 e. The number of amidine groups is 1. The van der Waals surface area contributed by atoms with Gasteiger partial charge in [0.2, 0.25) is 0 Å². The van der Waals surface area contributed by atoms with Crippen molar-refractivity contribution in [1.29, 1.82) is 5.41 Å². The first kappa shape index (κ1) is 22.9. The largest absolute Gasteiger partial charge is 0.384 e. The zero-order valence-corrected chi connectivity index (χ0v) is 19.5. The Morgan fingerprint density at radius 3 is 2.15 bits per heavy atom. The van der Waals surface area contributed by atoms with E-state index in [9.17, 15) is 9.59 Å². The summed E-state index contributed by atoms with van der Waals surface area (Å²) in [5.74, 6) is -0.364. The lowest BCUT2D eigenvalue weighted by molar-refractivity contribution is 0.102. The normalized spacial score (nSPS) is 10.4. The molecule has 0 fully saturated rings. The number of carbonyl (C=O) groups is 2. The molecule has 1 heterocycles. The number of para-hydroxylation sites is 1. The molecule has 0 unspecified atom stereocenters. The van der Waals surface area contributed by atoms with E-state index in [4.69, 9.17) is 11.1 Å². The number of amides is 2. The summed E-state index contributed by atoms with van der Waals surface area (Å²) in [5.41, 5.74) is 9.08. The minimum atomic E-state index is -0.387. The first-order valence-corrected chi connectivity index (χ1v) is 11.1. The molecule has 0 aliphatic heterocycles. The Balaban J connectivity index is 1.52. The first-order chi connectivity index (χ1) is 16.4. The topological polar surface area (TPSA) is 121 Å². The van der Waals surface area contributed by atoms with Crippen LogP contribution >= 0.6 is 15.9 Å². The van der Waals surface area contributed by atoms with Gasteiger partial charge < -0.3 is 16.4 Å². The van der Waals surface area contributed by atoms with Crippen molar-refractivity contribution in [3.05, 3.63) is 112 Å². The van der Waals surface area contributed by atoms with Crippen molar-refractivity contribution in [2.24, 2.45) is 5.73 Å². The SMILES string of the molecule is N=C(N)c1ccccc1-c1ccc(C(=O)Nc2ccccc2C(=O)Nc2ccc(Br)cn2)cc1. The van der Waals surface area contributed by atoms with Crippen molar-refractivity contribution in [2.75, 3.05) is 10.6 Å². The summed E-state index contributed by atoms with van der Waals surface area (Å²) in [6.07, 6.45) is 1.59. The van der Waals surface area contributed by atoms with Gasteiger partial charge in [0, 0.05) is 21.8 Å². The van der Waals surface area contributed by atoms with Crippen molar-refractivity contribution in [1.82, 2.24) is 4.98 Å². The molecule has 0 aliphatic carbocycles. The summed E-state index contributed by atoms with van der Waals surface area (Å²) in [6.45, 7) is 0. The van der Waals surface area contributed by atoms with Crippen LogP contribution in [0, 0.1) is 5.41 Å². The summed E-state index contributed by atoms with van der Waals surface area (Å²) >= 11 is 3.31. The number of aromatic nitrogens is 1. The number of nitrogens with one attached hydrogen (secondary N) is 3. The van der Waals surface area contributed by atoms with E-state index < -0.39 is 0 Å². The predicted molar refractivity (Wildman–Crippen MR) is 137 cm³/mol. The molecule has 0 bridgehead atoms. The highest BCUT2D eigenvalue weighted by Gasteiger charge is 2.15. The van der Waals surface area contributed by atoms with Crippen LogP contribution in [-0.2, 0) is 0 Å². The van der Waals surface area contributed by atoms with Gasteiger partial charge in [-0.25, -0.2) is 4.98 Å². The molecule has 168 valence electrons. The maximum Gasteiger partial charge on any atom is 0.258 e. The van der Waals surface area contributed by atoms with Crippen molar-refractivity contribution in [3.8, 4) is 11.1 Å². The highest BCUT2D eigenvalue weighted by atomic mass is 79.9. The number of benzene rings is 3. The molecular formula is C26H20BrN5O2. The van der Waals surface area contributed by atoms with Gasteiger partial charge in [0.25, 0.3) is 11.8 Å². The number of hydrogen-bond donors (Lipinski definition) is 4. The average Bonchev–Trinajstić information content (AvgIpc) is 2.85. The summed E-state index contributed by atoms with van der Waals surface area (Å²) in [7, 11) is 0. The molecule has 0 radical (unpaired) electrons. The molecule has 3 aromatic carbocycles. The van der Waals surface area contributed by atoms with Crippen LogP contribution in [0.15, 0.2) is 95.6 Å². The third-order valence-electron chi connectivity index (χ3n) is 5.06. The average molecular weight is 514 g/mol. The van der Waals surface area contributed by atoms with Crippen molar-refractivity contribution >= 4 is 45.1 Å². The Morgan fingerprint density at radius 2 is 1.47 bits per heavy atom. The molecule has 34 heavy (non-hydrogen) atoms. The number of anilines is 2. The molecule has 0 saturated carbocycles. The zero-order chi connectivity index (χ0) is 24.1. The predicted octanol–water partition coefficient (Wildman–Crippen LogP) is 5.30. The summed E-state index contributed by atoms with van der Waals surface area (Å²) < 4.78 is 0.800. The third-order valence-corrected chi connectivity index (χ3v) is 5.53. The summed E-state index contributed by atoms with van der Waals surface area (Å²) in [6, 6.07) is 24.5. The number of nitrogen functional groups attached to an aromatic ring is 1. The molecule has 0 aliphatic rings. The fourth-order valence-corrected chi connectivity index (χ4v) is 3.62. The van der Waals surface area contributed by atoms with E-state index in [1.165, 1.54) is 0 Å². The maximum atomic E-state index is 12.9. The minimum Gasteiger partial charge on any atom is -0.384 e. The fraction of sp³-hybridized carbons (Fsp3) is 0. The minimum absolute atomic E-state index is 0.0226. The number of pyridine rings is 1. The van der Waals surface area contributed by atoms with Crippen LogP contribution in [0.3, 0.4) is 0 Å². The van der Waals surface area contributed by atoms with Crippen molar-refractivity contribution in [3.63, 3.8) is 0 Å². The second kappa shape index (κ2) is 10.1. The van der Waals surface area contributed by atoms with Crippen LogP contribution < -0.4 is 16.4 Å². The third kappa shape index (κ3) is 5.19. The molecule has 7 nitrogen and oxygen atoms in total. The molecule has 0 atom stereocenters. The monoisotopic (exact) mass is 513 g/mol. The number of carbonyl (C=O) groups excluding carboxylic acids is 2. The molecular weight excluding hydrogens is 494 g/mol. The van der Waals surface area contributed by atoms with E-state index in [1.54, 1.807) is 72.9 Å². The molecule has 4 rings (SSSR count). The van der Waals surface area contributed by atoms with Crippen LogP contribution in [0.2, 0.25) is 0 Å². The first-order valence-electron chi connectivity index (χ1n) is 10.3. The second-order valence-electron chi connectivity index (χ2n) is 7.35. The Bertz CT molecular complexity index is 1370. The molecule has 1 aromatic heterocycles. The van der Waals surface area contributed by atoms with Gasteiger partial charge in [-0.2, -0.15) is 0 Å². The van der Waals surface area contributed by atoms with Gasteiger partial charge in [-0.15, -0.1) is 0 Å². The molecule has 4 aromatic rings. The lowest BCUT2D eigenvalue weighted by Crippen LogP contribution is -2.18. The van der Waals surface area contributed by atoms with E-state index >= 15 is 0 Å². The Labute approximate surface area is 204 Å². The standard InChI is InChI=1S/C26H20BrN5O2/c27-18-13-14-23(30-15-18)32-26(34)21-7-3-4-8-22(21)31-25(33)17-11-9-16(10-12-17)19-5-1-2-6-20(19)24(28)29/h1-15H,(H3,28,29)(H,31,33)(H,30,32,34). The molecule has 5 N–H and O–H groups in total. The van der Waals surface area contributed by atoms with Gasteiger partial charge in [-0.05, 0) is 63.5 Å². The Morgan fingerprint density at radius 1 is 0.794 bits per heavy atom. The summed E-state index contributed by atoms with van der Waals surface area (Å²) in [5, 5.41) is 13.3. The fourth-order valence-electron chi connectivity index (χ4n) is 3.39. The highest BCUT2D eigenvalue weighted by Crippen LogP contribution is 2.24. The highest BCUT2D eigenvalue weighted by molar-refractivity contribution is 9.10. The van der Waals surface area contributed by atoms with Crippen LogP contribution in [0.5, 0.6) is 0 Å². The Hall–Kier alpha value is -4.30. The van der Waals surface area contributed by atoms with Crippen molar-refractivity contribution < 1.29 is 9.59 Å². The lowest BCUT2D eigenvalue weighted by atomic mass is 9.98. The van der Waals surface area contributed by atoms with E-state index in [0.29, 0.717) is 28.2 Å². The van der Waals surface area contributed by atoms with Gasteiger partial charge >= 0.3 is 0 Å². The van der Waals surface area contributed by atoms with E-state index in [2.05, 4.69) is 31.5 Å². The Kier molecular flexibility index (Phi) is 6.79. The van der Waals surface area contributed by atoms with E-state index in [-0.39, 0.29) is 17.6 Å². The van der Waals surface area contributed by atoms with Gasteiger partial charge in [0.15, 0.2) is 0 Å². The van der Waals surface area contributed by atoms with Gasteiger partial charge in [-0.3, -0.25) is 15.0 Å². The van der Waals surface area contributed by atoms with Gasteiger partial charge in [-0.1, -0.05) is 48.5 Å². The molecule has 0 spiro atoms. The van der Waals surface area contributed by atoms with Crippen LogP contribution in [-0.4, -0.2) is 22.6 Å².